The van der Waals surface area contributed by atoms with E-state index >= 15 is 0 Å². The van der Waals surface area contributed by atoms with Gasteiger partial charge in [0.1, 0.15) is 6.29 Å². The zero-order valence-electron chi connectivity index (χ0n) is 7.95. The summed E-state index contributed by atoms with van der Waals surface area (Å²) < 4.78 is 0. The number of benzene rings is 1. The third-order valence-corrected chi connectivity index (χ3v) is 2.27. The molecule has 0 aliphatic rings. The Labute approximate surface area is 82.6 Å². The van der Waals surface area contributed by atoms with Crippen molar-refractivity contribution in [2.45, 2.75) is 6.92 Å². The van der Waals surface area contributed by atoms with Gasteiger partial charge in [-0.1, -0.05) is 12.1 Å². The number of aromatic amines is 1. The Morgan fingerprint density at radius 1 is 1.29 bits per heavy atom. The highest BCUT2D eigenvalue weighted by Gasteiger charge is 2.02. The van der Waals surface area contributed by atoms with Crippen LogP contribution in [0.15, 0.2) is 36.5 Å². The topological polar surface area (TPSA) is 32.9 Å². The molecular weight excluding hydrogens is 174 g/mol. The van der Waals surface area contributed by atoms with Crippen LogP contribution in [0.3, 0.4) is 0 Å². The van der Waals surface area contributed by atoms with Gasteiger partial charge in [0.2, 0.25) is 0 Å². The second-order valence-corrected chi connectivity index (χ2v) is 3.28. The molecule has 1 aromatic carbocycles. The number of carbonyl (C=O) groups is 1. The summed E-state index contributed by atoms with van der Waals surface area (Å²) in [5.41, 5.74) is 4.05. The molecule has 0 aliphatic carbocycles. The maximum absolute atomic E-state index is 10.5. The number of nitrogens with one attached hydrogen (secondary N) is 1. The summed E-state index contributed by atoms with van der Waals surface area (Å²) in [6, 6.07) is 9.66. The van der Waals surface area contributed by atoms with E-state index in [0.717, 1.165) is 28.7 Å². The first kappa shape index (κ1) is 8.75. The molecule has 0 unspecified atom stereocenters. The van der Waals surface area contributed by atoms with E-state index in [9.17, 15) is 4.79 Å². The number of aldehydes is 1. The molecule has 0 spiro atoms. The Morgan fingerprint density at radius 3 is 2.71 bits per heavy atom. The third-order valence-electron chi connectivity index (χ3n) is 2.27. The predicted molar refractivity (Wildman–Crippen MR) is 56.4 cm³/mol. The van der Waals surface area contributed by atoms with Crippen molar-refractivity contribution in [1.82, 2.24) is 4.98 Å². The molecule has 0 fully saturated rings. The van der Waals surface area contributed by atoms with E-state index in [4.69, 9.17) is 0 Å². The molecular formula is C12H11NO. The van der Waals surface area contributed by atoms with Crippen molar-refractivity contribution < 1.29 is 4.79 Å². The Hall–Kier alpha value is -1.83. The SMILES string of the molecule is Cc1cc(C=O)ccc1-c1ccc[nH]1. The van der Waals surface area contributed by atoms with Crippen LogP contribution in [-0.4, -0.2) is 11.3 Å². The molecule has 0 amide bonds. The average Bonchev–Trinajstić information content (AvgIpc) is 2.70. The number of carbonyl (C=O) groups excluding carboxylic acids is 1. The van der Waals surface area contributed by atoms with Crippen LogP contribution >= 0.6 is 0 Å². The minimum absolute atomic E-state index is 0.720. The summed E-state index contributed by atoms with van der Waals surface area (Å²) in [5.74, 6) is 0. The van der Waals surface area contributed by atoms with Gasteiger partial charge in [-0.15, -0.1) is 0 Å². The number of hydrogen-bond donors (Lipinski definition) is 1. The fourth-order valence-electron chi connectivity index (χ4n) is 1.56. The van der Waals surface area contributed by atoms with Gasteiger partial charge in [-0.05, 0) is 30.7 Å². The first-order valence-corrected chi connectivity index (χ1v) is 4.51. The zero-order chi connectivity index (χ0) is 9.97. The van der Waals surface area contributed by atoms with Crippen molar-refractivity contribution in [3.05, 3.63) is 47.7 Å². The Balaban J connectivity index is 2.51. The molecule has 1 heterocycles. The van der Waals surface area contributed by atoms with E-state index < -0.39 is 0 Å². The molecule has 70 valence electrons. The van der Waals surface area contributed by atoms with E-state index in [0.29, 0.717) is 0 Å². The highest BCUT2D eigenvalue weighted by Crippen LogP contribution is 2.21. The van der Waals surface area contributed by atoms with Gasteiger partial charge in [0.15, 0.2) is 0 Å². The molecule has 0 saturated heterocycles. The molecule has 2 heteroatoms. The quantitative estimate of drug-likeness (QED) is 0.717. The molecule has 1 N–H and O–H groups in total. The number of rotatable bonds is 2. The second-order valence-electron chi connectivity index (χ2n) is 3.28. The van der Waals surface area contributed by atoms with Crippen molar-refractivity contribution in [2.24, 2.45) is 0 Å². The summed E-state index contributed by atoms with van der Waals surface area (Å²) in [7, 11) is 0. The lowest BCUT2D eigenvalue weighted by Gasteiger charge is -2.03. The lowest BCUT2D eigenvalue weighted by Crippen LogP contribution is -1.86. The van der Waals surface area contributed by atoms with E-state index in [1.54, 1.807) is 0 Å². The molecule has 2 aromatic rings. The third kappa shape index (κ3) is 1.46. The Bertz CT molecular complexity index is 443. The maximum Gasteiger partial charge on any atom is 0.150 e. The summed E-state index contributed by atoms with van der Waals surface area (Å²) in [6.45, 7) is 2.00. The summed E-state index contributed by atoms with van der Waals surface area (Å²) in [5, 5.41) is 0. The van der Waals surface area contributed by atoms with Crippen LogP contribution in [0.1, 0.15) is 15.9 Å². The van der Waals surface area contributed by atoms with E-state index in [-0.39, 0.29) is 0 Å². The minimum atomic E-state index is 0.720. The van der Waals surface area contributed by atoms with Crippen LogP contribution in [0.5, 0.6) is 0 Å². The fraction of sp³-hybridized carbons (Fsp3) is 0.0833. The van der Waals surface area contributed by atoms with Gasteiger partial charge in [0.25, 0.3) is 0 Å². The monoisotopic (exact) mass is 185 g/mol. The van der Waals surface area contributed by atoms with Crippen molar-refractivity contribution in [3.63, 3.8) is 0 Å². The van der Waals surface area contributed by atoms with Gasteiger partial charge in [0, 0.05) is 23.0 Å². The second kappa shape index (κ2) is 3.50. The highest BCUT2D eigenvalue weighted by atomic mass is 16.1. The lowest BCUT2D eigenvalue weighted by molar-refractivity contribution is 0.112. The molecule has 0 bridgehead atoms. The number of H-pyrrole nitrogens is 1. The van der Waals surface area contributed by atoms with Gasteiger partial charge >= 0.3 is 0 Å². The molecule has 14 heavy (non-hydrogen) atoms. The fourth-order valence-corrected chi connectivity index (χ4v) is 1.56. The van der Waals surface area contributed by atoms with Crippen molar-refractivity contribution in [3.8, 4) is 11.3 Å². The maximum atomic E-state index is 10.5. The standard InChI is InChI=1S/C12H11NO/c1-9-7-10(8-14)4-5-11(9)12-3-2-6-13-12/h2-8,13H,1H3. The van der Waals surface area contributed by atoms with Crippen LogP contribution in [0.25, 0.3) is 11.3 Å². The average molecular weight is 185 g/mol. The first-order chi connectivity index (χ1) is 6.81. The molecule has 0 saturated carbocycles. The van der Waals surface area contributed by atoms with Crippen LogP contribution in [0.2, 0.25) is 0 Å². The van der Waals surface area contributed by atoms with E-state index in [1.807, 2.05) is 43.5 Å². The van der Waals surface area contributed by atoms with Gasteiger partial charge in [-0.25, -0.2) is 0 Å². The molecule has 0 radical (unpaired) electrons. The number of aromatic nitrogens is 1. The zero-order valence-corrected chi connectivity index (χ0v) is 7.95. The predicted octanol–water partition coefficient (Wildman–Crippen LogP) is 2.80. The molecule has 2 rings (SSSR count). The van der Waals surface area contributed by atoms with Crippen molar-refractivity contribution in [1.29, 1.82) is 0 Å². The van der Waals surface area contributed by atoms with Crippen LogP contribution in [-0.2, 0) is 0 Å². The molecule has 2 nitrogen and oxygen atoms in total. The van der Waals surface area contributed by atoms with Gasteiger partial charge in [-0.3, -0.25) is 4.79 Å². The van der Waals surface area contributed by atoms with Gasteiger partial charge in [0.05, 0.1) is 0 Å². The van der Waals surface area contributed by atoms with E-state index in [1.165, 1.54) is 0 Å². The van der Waals surface area contributed by atoms with Gasteiger partial charge < -0.3 is 4.98 Å². The summed E-state index contributed by atoms with van der Waals surface area (Å²) in [6.07, 6.45) is 2.76. The van der Waals surface area contributed by atoms with Gasteiger partial charge in [-0.2, -0.15) is 0 Å². The lowest BCUT2D eigenvalue weighted by atomic mass is 10.0. The summed E-state index contributed by atoms with van der Waals surface area (Å²) in [4.78, 5) is 13.7. The molecule has 0 atom stereocenters. The Kier molecular flexibility index (Phi) is 2.19. The molecule has 0 aliphatic heterocycles. The smallest absolute Gasteiger partial charge is 0.150 e. The summed E-state index contributed by atoms with van der Waals surface area (Å²) >= 11 is 0. The van der Waals surface area contributed by atoms with Crippen molar-refractivity contribution >= 4 is 6.29 Å². The first-order valence-electron chi connectivity index (χ1n) is 4.51. The van der Waals surface area contributed by atoms with E-state index in [2.05, 4.69) is 4.98 Å². The van der Waals surface area contributed by atoms with Crippen LogP contribution in [0.4, 0.5) is 0 Å². The number of aryl methyl sites for hydroxylation is 1. The Morgan fingerprint density at radius 2 is 2.14 bits per heavy atom. The number of hydrogen-bond acceptors (Lipinski definition) is 1. The van der Waals surface area contributed by atoms with Crippen LogP contribution < -0.4 is 0 Å². The van der Waals surface area contributed by atoms with Crippen molar-refractivity contribution in [2.75, 3.05) is 0 Å². The molecule has 1 aromatic heterocycles. The highest BCUT2D eigenvalue weighted by molar-refractivity contribution is 5.77. The largest absolute Gasteiger partial charge is 0.361 e. The van der Waals surface area contributed by atoms with Crippen LogP contribution in [0, 0.1) is 6.92 Å². The minimum Gasteiger partial charge on any atom is -0.361 e. The normalized spacial score (nSPS) is 10.1.